The molecule has 0 saturated carbocycles. The predicted octanol–water partition coefficient (Wildman–Crippen LogP) is 3.16. The molecule has 0 unspecified atom stereocenters. The van der Waals surface area contributed by atoms with E-state index in [9.17, 15) is 18.0 Å². The summed E-state index contributed by atoms with van der Waals surface area (Å²) < 4.78 is 37.1. The lowest BCUT2D eigenvalue weighted by Crippen LogP contribution is -2.50. The van der Waals surface area contributed by atoms with Gasteiger partial charge in [-0.2, -0.15) is 13.2 Å². The zero-order valence-corrected chi connectivity index (χ0v) is 10.8. The summed E-state index contributed by atoms with van der Waals surface area (Å²) in [5.41, 5.74) is 4.44. The molecule has 1 amide bonds. The van der Waals surface area contributed by atoms with E-state index in [0.717, 1.165) is 12.1 Å². The minimum atomic E-state index is -4.38. The van der Waals surface area contributed by atoms with E-state index >= 15 is 0 Å². The van der Waals surface area contributed by atoms with Crippen LogP contribution in [0.5, 0.6) is 0 Å². The first-order valence-corrected chi connectivity index (χ1v) is 6.00. The van der Waals surface area contributed by atoms with Crippen LogP contribution in [-0.4, -0.2) is 11.4 Å². The lowest BCUT2D eigenvalue weighted by molar-refractivity contribution is -0.137. The Bertz CT molecular complexity index is 436. The monoisotopic (exact) mass is 274 g/mol. The van der Waals surface area contributed by atoms with E-state index in [0.29, 0.717) is 18.5 Å². The lowest BCUT2D eigenvalue weighted by Gasteiger charge is -2.25. The molecule has 0 bridgehead atoms. The molecule has 0 aliphatic rings. The van der Waals surface area contributed by atoms with Crippen LogP contribution in [0.15, 0.2) is 24.3 Å². The highest BCUT2D eigenvalue weighted by Gasteiger charge is 2.31. The second-order valence-corrected chi connectivity index (χ2v) is 4.39. The Hall–Kier alpha value is -1.56. The molecule has 3 N–H and O–H groups in total. The first-order valence-electron chi connectivity index (χ1n) is 6.00. The van der Waals surface area contributed by atoms with Crippen LogP contribution in [0.3, 0.4) is 0 Å². The van der Waals surface area contributed by atoms with Crippen molar-refractivity contribution in [1.82, 2.24) is 0 Å². The van der Waals surface area contributed by atoms with Crippen molar-refractivity contribution in [1.29, 1.82) is 0 Å². The van der Waals surface area contributed by atoms with Gasteiger partial charge in [-0.3, -0.25) is 4.79 Å². The van der Waals surface area contributed by atoms with E-state index in [2.05, 4.69) is 5.32 Å². The van der Waals surface area contributed by atoms with Crippen molar-refractivity contribution >= 4 is 11.6 Å². The third kappa shape index (κ3) is 3.70. The summed E-state index contributed by atoms with van der Waals surface area (Å²) in [7, 11) is 0. The molecule has 0 fully saturated rings. The summed E-state index contributed by atoms with van der Waals surface area (Å²) in [5, 5.41) is 2.53. The number of nitrogens with one attached hydrogen (secondary N) is 1. The van der Waals surface area contributed by atoms with Crippen molar-refractivity contribution in [2.24, 2.45) is 5.73 Å². The smallest absolute Gasteiger partial charge is 0.324 e. The summed E-state index contributed by atoms with van der Waals surface area (Å²) in [6.07, 6.45) is -3.47. The third-order valence-corrected chi connectivity index (χ3v) is 3.18. The zero-order chi connectivity index (χ0) is 14.7. The number of nitrogens with two attached hydrogens (primary N) is 1. The molecule has 0 saturated heterocycles. The summed E-state index contributed by atoms with van der Waals surface area (Å²) in [6.45, 7) is 3.58. The second-order valence-electron chi connectivity index (χ2n) is 4.39. The van der Waals surface area contributed by atoms with Gasteiger partial charge < -0.3 is 11.1 Å². The lowest BCUT2D eigenvalue weighted by atomic mass is 9.93. The zero-order valence-electron chi connectivity index (χ0n) is 10.8. The normalized spacial score (nSPS) is 12.3. The SMILES string of the molecule is CCC(N)(CC)C(=O)Nc1ccc(C(F)(F)F)cc1. The standard InChI is InChI=1S/C13H17F3N2O/c1-3-12(17,4-2)11(19)18-10-7-5-9(6-8-10)13(14,15)16/h5-8H,3-4,17H2,1-2H3,(H,18,19). The molecule has 0 atom stereocenters. The van der Waals surface area contributed by atoms with Crippen LogP contribution < -0.4 is 11.1 Å². The Morgan fingerprint density at radius 3 is 2.00 bits per heavy atom. The van der Waals surface area contributed by atoms with Crippen molar-refractivity contribution in [3.63, 3.8) is 0 Å². The van der Waals surface area contributed by atoms with Crippen LogP contribution in [0.2, 0.25) is 0 Å². The van der Waals surface area contributed by atoms with Gasteiger partial charge in [0.25, 0.3) is 0 Å². The Balaban J connectivity index is 2.82. The van der Waals surface area contributed by atoms with Crippen LogP contribution in [0, 0.1) is 0 Å². The number of alkyl halides is 3. The number of carbonyl (C=O) groups excluding carboxylic acids is 1. The van der Waals surface area contributed by atoms with Crippen LogP contribution in [0.25, 0.3) is 0 Å². The van der Waals surface area contributed by atoms with Gasteiger partial charge in [0.2, 0.25) is 5.91 Å². The number of amides is 1. The highest BCUT2D eigenvalue weighted by atomic mass is 19.4. The van der Waals surface area contributed by atoms with Crippen LogP contribution in [-0.2, 0) is 11.0 Å². The third-order valence-electron chi connectivity index (χ3n) is 3.18. The molecule has 0 spiro atoms. The number of halogens is 3. The van der Waals surface area contributed by atoms with Crippen LogP contribution in [0.4, 0.5) is 18.9 Å². The highest BCUT2D eigenvalue weighted by Crippen LogP contribution is 2.30. The van der Waals surface area contributed by atoms with E-state index in [-0.39, 0.29) is 0 Å². The first-order chi connectivity index (χ1) is 8.73. The minimum Gasteiger partial charge on any atom is -0.324 e. The second kappa shape index (κ2) is 5.61. The molecular formula is C13H17F3N2O. The van der Waals surface area contributed by atoms with E-state index in [1.807, 2.05) is 0 Å². The maximum absolute atomic E-state index is 12.4. The van der Waals surface area contributed by atoms with Crippen molar-refractivity contribution < 1.29 is 18.0 Å². The van der Waals surface area contributed by atoms with Gasteiger partial charge in [-0.15, -0.1) is 0 Å². The van der Waals surface area contributed by atoms with Crippen molar-refractivity contribution in [2.75, 3.05) is 5.32 Å². The molecule has 106 valence electrons. The molecule has 19 heavy (non-hydrogen) atoms. The van der Waals surface area contributed by atoms with Crippen LogP contribution in [0.1, 0.15) is 32.3 Å². The van der Waals surface area contributed by atoms with Crippen LogP contribution >= 0.6 is 0 Å². The van der Waals surface area contributed by atoms with E-state index in [1.54, 1.807) is 13.8 Å². The summed E-state index contributed by atoms with van der Waals surface area (Å²) in [4.78, 5) is 11.9. The predicted molar refractivity (Wildman–Crippen MR) is 67.6 cm³/mol. The molecule has 0 heterocycles. The molecule has 1 aromatic rings. The molecule has 0 aliphatic heterocycles. The van der Waals surface area contributed by atoms with Gasteiger partial charge in [0.15, 0.2) is 0 Å². The summed E-state index contributed by atoms with van der Waals surface area (Å²) in [5.74, 6) is -0.391. The quantitative estimate of drug-likeness (QED) is 0.886. The molecule has 3 nitrogen and oxygen atoms in total. The topological polar surface area (TPSA) is 55.1 Å². The van der Waals surface area contributed by atoms with Gasteiger partial charge >= 0.3 is 6.18 Å². The number of carbonyl (C=O) groups is 1. The molecule has 0 radical (unpaired) electrons. The van der Waals surface area contributed by atoms with E-state index in [1.165, 1.54) is 12.1 Å². The average Bonchev–Trinajstić information content (AvgIpc) is 2.37. The maximum Gasteiger partial charge on any atom is 0.416 e. The Morgan fingerprint density at radius 2 is 1.63 bits per heavy atom. The number of hydrogen-bond acceptors (Lipinski definition) is 2. The largest absolute Gasteiger partial charge is 0.416 e. The summed E-state index contributed by atoms with van der Waals surface area (Å²) in [6, 6.07) is 4.27. The molecule has 1 aromatic carbocycles. The van der Waals surface area contributed by atoms with Gasteiger partial charge in [-0.1, -0.05) is 13.8 Å². The van der Waals surface area contributed by atoms with E-state index in [4.69, 9.17) is 5.73 Å². The van der Waals surface area contributed by atoms with Crippen molar-refractivity contribution in [3.05, 3.63) is 29.8 Å². The number of hydrogen-bond donors (Lipinski definition) is 2. The molecule has 0 aromatic heterocycles. The summed E-state index contributed by atoms with van der Waals surface area (Å²) >= 11 is 0. The van der Waals surface area contributed by atoms with Gasteiger partial charge in [-0.05, 0) is 37.1 Å². The highest BCUT2D eigenvalue weighted by molar-refractivity contribution is 5.97. The maximum atomic E-state index is 12.4. The minimum absolute atomic E-state index is 0.301. The first kappa shape index (κ1) is 15.5. The van der Waals surface area contributed by atoms with Gasteiger partial charge in [0.05, 0.1) is 11.1 Å². The van der Waals surface area contributed by atoms with Gasteiger partial charge in [-0.25, -0.2) is 0 Å². The van der Waals surface area contributed by atoms with E-state index < -0.39 is 23.2 Å². The molecule has 6 heteroatoms. The fourth-order valence-electron chi connectivity index (χ4n) is 1.57. The van der Waals surface area contributed by atoms with Gasteiger partial charge in [0, 0.05) is 5.69 Å². The van der Waals surface area contributed by atoms with Gasteiger partial charge in [0.1, 0.15) is 0 Å². The Kier molecular flexibility index (Phi) is 4.57. The molecular weight excluding hydrogens is 257 g/mol. The Morgan fingerprint density at radius 1 is 1.16 bits per heavy atom. The van der Waals surface area contributed by atoms with Crippen molar-refractivity contribution in [2.45, 2.75) is 38.4 Å². The van der Waals surface area contributed by atoms with Crippen molar-refractivity contribution in [3.8, 4) is 0 Å². The number of benzene rings is 1. The molecule has 0 aliphatic carbocycles. The fraction of sp³-hybridized carbons (Fsp3) is 0.462. The average molecular weight is 274 g/mol. The Labute approximate surface area is 110 Å². The number of rotatable bonds is 4. The number of anilines is 1. The molecule has 1 rings (SSSR count). The fourth-order valence-corrected chi connectivity index (χ4v) is 1.57.